The summed E-state index contributed by atoms with van der Waals surface area (Å²) in [6.07, 6.45) is 0. The lowest BCUT2D eigenvalue weighted by molar-refractivity contribution is 1.64. The Morgan fingerprint density at radius 3 is 1.50 bits per heavy atom. The van der Waals surface area contributed by atoms with E-state index < -0.39 is 0 Å². The molecule has 9 rings (SSSR count). The van der Waals surface area contributed by atoms with Crippen molar-refractivity contribution in [2.24, 2.45) is 0 Å². The summed E-state index contributed by atoms with van der Waals surface area (Å²) in [6.45, 7) is 0. The van der Waals surface area contributed by atoms with Crippen LogP contribution in [0.15, 0.2) is 170 Å². The molecule has 0 saturated heterocycles. The maximum atomic E-state index is 2.41. The van der Waals surface area contributed by atoms with Crippen LogP contribution in [0.25, 0.3) is 87.2 Å². The fourth-order valence-electron chi connectivity index (χ4n) is 7.27. The predicted octanol–water partition coefficient (Wildman–Crippen LogP) is 12.5. The van der Waals surface area contributed by atoms with Gasteiger partial charge in [0.1, 0.15) is 0 Å². The third kappa shape index (κ3) is 3.78. The van der Waals surface area contributed by atoms with Crippen molar-refractivity contribution >= 4 is 53.9 Å². The third-order valence-corrected chi connectivity index (χ3v) is 9.25. The lowest BCUT2D eigenvalue weighted by atomic mass is 9.82. The standard InChI is InChI=1S/C44H28/c1-2-12-29(13-3-1)32-25-27-41-42(28-32)44(37-22-10-16-30-14-4-7-18-34(30)37)40-20-9-8-19-39(40)43(41)38-23-11-21-35-33-17-6-5-15-31(33)24-26-36(35)38/h1-28H. The van der Waals surface area contributed by atoms with Gasteiger partial charge in [-0.05, 0) is 93.3 Å². The topological polar surface area (TPSA) is 0 Å². The van der Waals surface area contributed by atoms with Gasteiger partial charge in [-0.25, -0.2) is 0 Å². The summed E-state index contributed by atoms with van der Waals surface area (Å²) in [7, 11) is 0. The largest absolute Gasteiger partial charge is 0.0622 e. The van der Waals surface area contributed by atoms with Crippen LogP contribution in [0.5, 0.6) is 0 Å². The summed E-state index contributed by atoms with van der Waals surface area (Å²) in [5.74, 6) is 0. The van der Waals surface area contributed by atoms with Gasteiger partial charge < -0.3 is 0 Å². The summed E-state index contributed by atoms with van der Waals surface area (Å²) in [5, 5.41) is 12.7. The van der Waals surface area contributed by atoms with Crippen molar-refractivity contribution in [3.05, 3.63) is 170 Å². The second-order valence-electron chi connectivity index (χ2n) is 11.6. The molecular weight excluding hydrogens is 528 g/mol. The van der Waals surface area contributed by atoms with Crippen LogP contribution in [0.3, 0.4) is 0 Å². The maximum absolute atomic E-state index is 2.41. The Kier molecular flexibility index (Phi) is 5.61. The first-order valence-corrected chi connectivity index (χ1v) is 15.3. The molecular formula is C44H28. The zero-order chi connectivity index (χ0) is 29.0. The summed E-state index contributed by atoms with van der Waals surface area (Å²) in [4.78, 5) is 0. The van der Waals surface area contributed by atoms with E-state index in [2.05, 4.69) is 170 Å². The van der Waals surface area contributed by atoms with E-state index in [1.165, 1.54) is 87.2 Å². The highest BCUT2D eigenvalue weighted by Gasteiger charge is 2.20. The van der Waals surface area contributed by atoms with E-state index in [1.807, 2.05) is 0 Å². The van der Waals surface area contributed by atoms with Crippen LogP contribution in [-0.4, -0.2) is 0 Å². The van der Waals surface area contributed by atoms with Crippen molar-refractivity contribution in [1.29, 1.82) is 0 Å². The molecule has 0 heterocycles. The van der Waals surface area contributed by atoms with E-state index in [1.54, 1.807) is 0 Å². The first kappa shape index (κ1) is 24.8. The molecule has 0 bridgehead atoms. The lowest BCUT2D eigenvalue weighted by Gasteiger charge is -2.20. The summed E-state index contributed by atoms with van der Waals surface area (Å²) >= 11 is 0. The number of hydrogen-bond acceptors (Lipinski definition) is 0. The third-order valence-electron chi connectivity index (χ3n) is 9.25. The average Bonchev–Trinajstić information content (AvgIpc) is 3.10. The van der Waals surface area contributed by atoms with Gasteiger partial charge >= 0.3 is 0 Å². The van der Waals surface area contributed by atoms with Crippen LogP contribution < -0.4 is 0 Å². The molecule has 0 spiro atoms. The van der Waals surface area contributed by atoms with Gasteiger partial charge in [-0.2, -0.15) is 0 Å². The monoisotopic (exact) mass is 556 g/mol. The van der Waals surface area contributed by atoms with E-state index in [4.69, 9.17) is 0 Å². The van der Waals surface area contributed by atoms with Crippen molar-refractivity contribution in [2.45, 2.75) is 0 Å². The highest BCUT2D eigenvalue weighted by molar-refractivity contribution is 6.26. The Morgan fingerprint density at radius 1 is 0.227 bits per heavy atom. The number of rotatable bonds is 3. The van der Waals surface area contributed by atoms with Crippen molar-refractivity contribution < 1.29 is 0 Å². The molecule has 0 nitrogen and oxygen atoms in total. The fraction of sp³-hybridized carbons (Fsp3) is 0. The van der Waals surface area contributed by atoms with E-state index in [0.29, 0.717) is 0 Å². The minimum absolute atomic E-state index is 1.23. The molecule has 9 aromatic rings. The van der Waals surface area contributed by atoms with Gasteiger partial charge in [-0.3, -0.25) is 0 Å². The molecule has 44 heavy (non-hydrogen) atoms. The minimum Gasteiger partial charge on any atom is -0.0622 e. The molecule has 0 N–H and O–H groups in total. The highest BCUT2D eigenvalue weighted by atomic mass is 14.2. The van der Waals surface area contributed by atoms with Crippen LogP contribution in [0.2, 0.25) is 0 Å². The van der Waals surface area contributed by atoms with E-state index in [0.717, 1.165) is 0 Å². The maximum Gasteiger partial charge on any atom is -0.00199 e. The van der Waals surface area contributed by atoms with Crippen LogP contribution >= 0.6 is 0 Å². The molecule has 204 valence electrons. The van der Waals surface area contributed by atoms with Crippen molar-refractivity contribution in [3.63, 3.8) is 0 Å². The molecule has 0 heteroatoms. The van der Waals surface area contributed by atoms with Gasteiger partial charge in [0.15, 0.2) is 0 Å². The number of fused-ring (bicyclic) bond motifs is 6. The minimum atomic E-state index is 1.23. The summed E-state index contributed by atoms with van der Waals surface area (Å²) < 4.78 is 0. The Balaban J connectivity index is 1.47. The number of hydrogen-bond donors (Lipinski definition) is 0. The zero-order valence-electron chi connectivity index (χ0n) is 24.2. The van der Waals surface area contributed by atoms with Gasteiger partial charge in [-0.15, -0.1) is 0 Å². The molecule has 0 unspecified atom stereocenters. The average molecular weight is 557 g/mol. The highest BCUT2D eigenvalue weighted by Crippen LogP contribution is 2.47. The van der Waals surface area contributed by atoms with Crippen LogP contribution in [0, 0.1) is 0 Å². The van der Waals surface area contributed by atoms with E-state index >= 15 is 0 Å². The molecule has 0 saturated carbocycles. The molecule has 0 amide bonds. The quantitative estimate of drug-likeness (QED) is 0.150. The fourth-order valence-corrected chi connectivity index (χ4v) is 7.27. The van der Waals surface area contributed by atoms with Gasteiger partial charge in [0.05, 0.1) is 0 Å². The normalized spacial score (nSPS) is 11.6. The smallest absolute Gasteiger partial charge is 0.00199 e. The van der Waals surface area contributed by atoms with Crippen LogP contribution in [0.4, 0.5) is 0 Å². The molecule has 0 fully saturated rings. The second-order valence-corrected chi connectivity index (χ2v) is 11.6. The van der Waals surface area contributed by atoms with Gasteiger partial charge in [0.2, 0.25) is 0 Å². The summed E-state index contributed by atoms with van der Waals surface area (Å²) in [6, 6.07) is 62.3. The SMILES string of the molecule is c1ccc(-c2ccc3c(-c4cccc5c4ccc4ccccc45)c4ccccc4c(-c4cccc5ccccc45)c3c2)cc1. The van der Waals surface area contributed by atoms with Gasteiger partial charge in [-0.1, -0.05) is 164 Å². The second kappa shape index (κ2) is 9.93. The van der Waals surface area contributed by atoms with Gasteiger partial charge in [0, 0.05) is 0 Å². The van der Waals surface area contributed by atoms with Crippen LogP contribution in [-0.2, 0) is 0 Å². The van der Waals surface area contributed by atoms with Gasteiger partial charge in [0.25, 0.3) is 0 Å². The predicted molar refractivity (Wildman–Crippen MR) is 190 cm³/mol. The zero-order valence-corrected chi connectivity index (χ0v) is 24.2. The Morgan fingerprint density at radius 2 is 0.727 bits per heavy atom. The summed E-state index contributed by atoms with van der Waals surface area (Å²) in [5.41, 5.74) is 7.57. The van der Waals surface area contributed by atoms with Crippen molar-refractivity contribution in [2.75, 3.05) is 0 Å². The van der Waals surface area contributed by atoms with Crippen molar-refractivity contribution in [3.8, 4) is 33.4 Å². The van der Waals surface area contributed by atoms with E-state index in [9.17, 15) is 0 Å². The molecule has 0 aromatic heterocycles. The van der Waals surface area contributed by atoms with Crippen LogP contribution in [0.1, 0.15) is 0 Å². The molecule has 0 aliphatic carbocycles. The Bertz CT molecular complexity index is 2530. The van der Waals surface area contributed by atoms with E-state index in [-0.39, 0.29) is 0 Å². The molecule has 0 aliphatic rings. The Hall–Kier alpha value is -5.72. The number of benzene rings is 9. The van der Waals surface area contributed by atoms with Crippen molar-refractivity contribution in [1.82, 2.24) is 0 Å². The molecule has 0 atom stereocenters. The molecule has 9 aromatic carbocycles. The Labute approximate surface area is 256 Å². The molecule has 0 radical (unpaired) electrons. The molecule has 0 aliphatic heterocycles. The first-order chi connectivity index (χ1) is 21.8. The lowest BCUT2D eigenvalue weighted by Crippen LogP contribution is -1.93. The first-order valence-electron chi connectivity index (χ1n) is 15.3.